The van der Waals surface area contributed by atoms with Crippen molar-refractivity contribution in [2.75, 3.05) is 0 Å². The number of aromatic nitrogens is 3. The Kier molecular flexibility index (Phi) is 2.76. The lowest BCUT2D eigenvalue weighted by molar-refractivity contribution is 0.599. The molecule has 19 heavy (non-hydrogen) atoms. The Morgan fingerprint density at radius 2 is 2.11 bits per heavy atom. The van der Waals surface area contributed by atoms with Gasteiger partial charge < -0.3 is 5.73 Å². The van der Waals surface area contributed by atoms with E-state index in [1.807, 2.05) is 6.92 Å². The van der Waals surface area contributed by atoms with Gasteiger partial charge in [-0.05, 0) is 13.0 Å². The quantitative estimate of drug-likeness (QED) is 0.765. The molecule has 5 heteroatoms. The fourth-order valence-corrected chi connectivity index (χ4v) is 2.16. The Labute approximate surface area is 109 Å². The molecule has 2 heterocycles. The Morgan fingerprint density at radius 3 is 2.95 bits per heavy atom. The van der Waals surface area contributed by atoms with Crippen molar-refractivity contribution in [3.63, 3.8) is 0 Å². The lowest BCUT2D eigenvalue weighted by Gasteiger charge is -2.12. The SMILES string of the molecule is Cc1ccc(F)c(C(N)c2cnn3ccncc23)c1. The Morgan fingerprint density at radius 1 is 1.26 bits per heavy atom. The maximum absolute atomic E-state index is 13.9. The van der Waals surface area contributed by atoms with E-state index in [0.29, 0.717) is 5.56 Å². The molecular weight excluding hydrogens is 243 g/mol. The van der Waals surface area contributed by atoms with E-state index in [0.717, 1.165) is 16.6 Å². The van der Waals surface area contributed by atoms with Crippen LogP contribution in [0.3, 0.4) is 0 Å². The third-order valence-electron chi connectivity index (χ3n) is 3.18. The van der Waals surface area contributed by atoms with Gasteiger partial charge in [-0.25, -0.2) is 8.91 Å². The highest BCUT2D eigenvalue weighted by Gasteiger charge is 2.17. The Bertz CT molecular complexity index is 735. The van der Waals surface area contributed by atoms with E-state index in [-0.39, 0.29) is 5.82 Å². The van der Waals surface area contributed by atoms with E-state index in [1.165, 1.54) is 6.07 Å². The summed E-state index contributed by atoms with van der Waals surface area (Å²) < 4.78 is 15.6. The fraction of sp³-hybridized carbons (Fsp3) is 0.143. The minimum Gasteiger partial charge on any atom is -0.320 e. The van der Waals surface area contributed by atoms with Crippen LogP contribution in [0.5, 0.6) is 0 Å². The van der Waals surface area contributed by atoms with E-state index in [1.54, 1.807) is 41.4 Å². The van der Waals surface area contributed by atoms with E-state index < -0.39 is 6.04 Å². The second-order valence-corrected chi connectivity index (χ2v) is 4.51. The van der Waals surface area contributed by atoms with Crippen LogP contribution in [0.1, 0.15) is 22.7 Å². The molecule has 1 aromatic carbocycles. The predicted molar refractivity (Wildman–Crippen MR) is 70.2 cm³/mol. The van der Waals surface area contributed by atoms with Crippen molar-refractivity contribution >= 4 is 5.52 Å². The van der Waals surface area contributed by atoms with Gasteiger partial charge in [0.15, 0.2) is 0 Å². The average Bonchev–Trinajstić information content (AvgIpc) is 2.84. The van der Waals surface area contributed by atoms with Gasteiger partial charge in [0.2, 0.25) is 0 Å². The molecule has 3 aromatic rings. The number of aryl methyl sites for hydroxylation is 1. The summed E-state index contributed by atoms with van der Waals surface area (Å²) in [5, 5.41) is 4.19. The van der Waals surface area contributed by atoms with Crippen LogP contribution in [-0.4, -0.2) is 14.6 Å². The molecule has 2 aromatic heterocycles. The summed E-state index contributed by atoms with van der Waals surface area (Å²) in [6.45, 7) is 1.91. The van der Waals surface area contributed by atoms with Gasteiger partial charge in [0.1, 0.15) is 5.82 Å². The van der Waals surface area contributed by atoms with E-state index >= 15 is 0 Å². The first-order valence-electron chi connectivity index (χ1n) is 5.95. The van der Waals surface area contributed by atoms with Gasteiger partial charge in [-0.1, -0.05) is 17.7 Å². The molecule has 0 aliphatic rings. The third-order valence-corrected chi connectivity index (χ3v) is 3.18. The van der Waals surface area contributed by atoms with Crippen molar-refractivity contribution in [3.8, 4) is 0 Å². The number of nitrogens with zero attached hydrogens (tertiary/aromatic N) is 3. The summed E-state index contributed by atoms with van der Waals surface area (Å²) in [4.78, 5) is 4.05. The van der Waals surface area contributed by atoms with Gasteiger partial charge in [-0.3, -0.25) is 4.98 Å². The Hall–Kier alpha value is -2.27. The maximum atomic E-state index is 13.9. The first-order valence-corrected chi connectivity index (χ1v) is 5.95. The van der Waals surface area contributed by atoms with E-state index in [9.17, 15) is 4.39 Å². The van der Waals surface area contributed by atoms with Crippen LogP contribution >= 0.6 is 0 Å². The van der Waals surface area contributed by atoms with E-state index in [4.69, 9.17) is 5.73 Å². The van der Waals surface area contributed by atoms with Gasteiger partial charge in [0.25, 0.3) is 0 Å². The molecule has 0 aliphatic heterocycles. The fourth-order valence-electron chi connectivity index (χ4n) is 2.16. The van der Waals surface area contributed by atoms with Crippen LogP contribution in [0, 0.1) is 12.7 Å². The summed E-state index contributed by atoms with van der Waals surface area (Å²) in [6.07, 6.45) is 6.71. The number of fused-ring (bicyclic) bond motifs is 1. The monoisotopic (exact) mass is 256 g/mol. The summed E-state index contributed by atoms with van der Waals surface area (Å²) in [6, 6.07) is 4.37. The van der Waals surface area contributed by atoms with Gasteiger partial charge in [-0.15, -0.1) is 0 Å². The topological polar surface area (TPSA) is 56.2 Å². The summed E-state index contributed by atoms with van der Waals surface area (Å²) >= 11 is 0. The van der Waals surface area contributed by atoms with Gasteiger partial charge >= 0.3 is 0 Å². The molecular formula is C14H13FN4. The van der Waals surface area contributed by atoms with Gasteiger partial charge in [0, 0.05) is 23.5 Å². The van der Waals surface area contributed by atoms with Crippen LogP contribution in [0.4, 0.5) is 4.39 Å². The van der Waals surface area contributed by atoms with Gasteiger partial charge in [-0.2, -0.15) is 5.10 Å². The first kappa shape index (κ1) is 11.8. The zero-order valence-corrected chi connectivity index (χ0v) is 10.4. The maximum Gasteiger partial charge on any atom is 0.128 e. The molecule has 1 atom stereocenters. The van der Waals surface area contributed by atoms with E-state index in [2.05, 4.69) is 10.1 Å². The van der Waals surface area contributed by atoms with Crippen molar-refractivity contribution in [2.24, 2.45) is 5.73 Å². The smallest absolute Gasteiger partial charge is 0.128 e. The Balaban J connectivity index is 2.13. The third kappa shape index (κ3) is 1.98. The highest BCUT2D eigenvalue weighted by molar-refractivity contribution is 5.55. The minimum atomic E-state index is -0.554. The molecule has 96 valence electrons. The molecule has 0 bridgehead atoms. The largest absolute Gasteiger partial charge is 0.320 e. The number of hydrogen-bond acceptors (Lipinski definition) is 3. The van der Waals surface area contributed by atoms with Crippen molar-refractivity contribution < 1.29 is 4.39 Å². The molecule has 1 unspecified atom stereocenters. The normalized spacial score (nSPS) is 12.8. The standard InChI is InChI=1S/C14H13FN4/c1-9-2-3-12(15)10(6-9)14(16)11-7-18-19-5-4-17-8-13(11)19/h2-8,14H,16H2,1H3. The molecule has 4 nitrogen and oxygen atoms in total. The highest BCUT2D eigenvalue weighted by atomic mass is 19.1. The van der Waals surface area contributed by atoms with Crippen molar-refractivity contribution in [3.05, 3.63) is 65.5 Å². The van der Waals surface area contributed by atoms with Crippen LogP contribution in [0.15, 0.2) is 43.0 Å². The minimum absolute atomic E-state index is 0.304. The second kappa shape index (κ2) is 4.44. The van der Waals surface area contributed by atoms with Crippen molar-refractivity contribution in [2.45, 2.75) is 13.0 Å². The molecule has 0 amide bonds. The molecule has 0 spiro atoms. The van der Waals surface area contributed by atoms with Crippen LogP contribution in [0.25, 0.3) is 5.52 Å². The summed E-state index contributed by atoms with van der Waals surface area (Å²) in [7, 11) is 0. The number of hydrogen-bond donors (Lipinski definition) is 1. The molecule has 0 fully saturated rings. The summed E-state index contributed by atoms with van der Waals surface area (Å²) in [5.41, 5.74) is 9.17. The summed E-state index contributed by atoms with van der Waals surface area (Å²) in [5.74, 6) is -0.304. The predicted octanol–water partition coefficient (Wildman–Crippen LogP) is 2.22. The zero-order valence-electron chi connectivity index (χ0n) is 10.4. The second-order valence-electron chi connectivity index (χ2n) is 4.51. The molecule has 0 radical (unpaired) electrons. The van der Waals surface area contributed by atoms with Crippen LogP contribution < -0.4 is 5.73 Å². The zero-order chi connectivity index (χ0) is 13.4. The number of halogens is 1. The molecule has 3 rings (SSSR count). The first-order chi connectivity index (χ1) is 9.16. The molecule has 0 saturated carbocycles. The van der Waals surface area contributed by atoms with Crippen molar-refractivity contribution in [1.29, 1.82) is 0 Å². The molecule has 0 saturated heterocycles. The van der Waals surface area contributed by atoms with Gasteiger partial charge in [0.05, 0.1) is 24.0 Å². The number of nitrogens with two attached hydrogens (primary N) is 1. The van der Waals surface area contributed by atoms with Crippen LogP contribution in [-0.2, 0) is 0 Å². The lowest BCUT2D eigenvalue weighted by Crippen LogP contribution is -2.13. The number of rotatable bonds is 2. The van der Waals surface area contributed by atoms with Crippen molar-refractivity contribution in [1.82, 2.24) is 14.6 Å². The lowest BCUT2D eigenvalue weighted by atomic mass is 9.99. The highest BCUT2D eigenvalue weighted by Crippen LogP contribution is 2.25. The van der Waals surface area contributed by atoms with Crippen LogP contribution in [0.2, 0.25) is 0 Å². The average molecular weight is 256 g/mol. The molecule has 2 N–H and O–H groups in total. The number of benzene rings is 1. The molecule has 0 aliphatic carbocycles.